The highest BCUT2D eigenvalue weighted by molar-refractivity contribution is 6.03. The van der Waals surface area contributed by atoms with E-state index in [4.69, 9.17) is 11.0 Å². The van der Waals surface area contributed by atoms with Gasteiger partial charge in [-0.25, -0.2) is 4.98 Å². The van der Waals surface area contributed by atoms with Crippen molar-refractivity contribution >= 4 is 23.1 Å². The zero-order chi connectivity index (χ0) is 18.5. The number of aryl methyl sites for hydroxylation is 1. The minimum atomic E-state index is -0.330. The van der Waals surface area contributed by atoms with Gasteiger partial charge in [0.05, 0.1) is 5.69 Å². The predicted molar refractivity (Wildman–Crippen MR) is 98.3 cm³/mol. The molecular formula is C18H17N7O. The Kier molecular flexibility index (Phi) is 4.80. The van der Waals surface area contributed by atoms with Crippen LogP contribution in [0.25, 0.3) is 0 Å². The number of amides is 1. The van der Waals surface area contributed by atoms with Crippen LogP contribution in [0.5, 0.6) is 0 Å². The van der Waals surface area contributed by atoms with Crippen LogP contribution in [0.4, 0.5) is 17.2 Å². The Balaban J connectivity index is 1.69. The number of pyridine rings is 1. The van der Waals surface area contributed by atoms with Crippen molar-refractivity contribution in [3.8, 4) is 6.07 Å². The Bertz CT molecular complexity index is 987. The number of nitrogens with two attached hydrogens (primary N) is 1. The molecule has 0 radical (unpaired) electrons. The molecule has 2 aromatic heterocycles. The Morgan fingerprint density at radius 1 is 1.31 bits per heavy atom. The van der Waals surface area contributed by atoms with Crippen molar-refractivity contribution in [1.29, 1.82) is 5.26 Å². The number of nitrogen functional groups attached to an aromatic ring is 1. The van der Waals surface area contributed by atoms with Crippen LogP contribution in [-0.4, -0.2) is 20.7 Å². The van der Waals surface area contributed by atoms with Crippen LogP contribution >= 0.6 is 0 Å². The molecule has 0 saturated carbocycles. The van der Waals surface area contributed by atoms with E-state index in [1.165, 1.54) is 10.7 Å². The summed E-state index contributed by atoms with van der Waals surface area (Å²) in [4.78, 5) is 16.4. The molecule has 0 fully saturated rings. The van der Waals surface area contributed by atoms with Crippen LogP contribution in [0, 0.1) is 11.3 Å². The maximum absolute atomic E-state index is 12.4. The number of nitrogens with zero attached hydrogens (tertiary/aromatic N) is 4. The lowest BCUT2D eigenvalue weighted by Crippen LogP contribution is -2.16. The highest BCUT2D eigenvalue weighted by Gasteiger charge is 2.13. The Labute approximate surface area is 150 Å². The molecule has 0 bridgehead atoms. The first kappa shape index (κ1) is 17.0. The molecule has 1 aromatic carbocycles. The highest BCUT2D eigenvalue weighted by atomic mass is 16.2. The van der Waals surface area contributed by atoms with Gasteiger partial charge in [-0.15, -0.1) is 0 Å². The summed E-state index contributed by atoms with van der Waals surface area (Å²) in [5.74, 6) is 0.101. The van der Waals surface area contributed by atoms with Gasteiger partial charge in [-0.05, 0) is 29.8 Å². The second-order valence-corrected chi connectivity index (χ2v) is 5.59. The molecule has 8 heteroatoms. The number of rotatable bonds is 5. The van der Waals surface area contributed by atoms with E-state index >= 15 is 0 Å². The molecule has 0 unspecified atom stereocenters. The number of carbonyl (C=O) groups is 1. The smallest absolute Gasteiger partial charge is 0.273 e. The van der Waals surface area contributed by atoms with Crippen molar-refractivity contribution < 1.29 is 4.79 Å². The quantitative estimate of drug-likeness (QED) is 0.650. The summed E-state index contributed by atoms with van der Waals surface area (Å²) in [6, 6.07) is 14.5. The molecular weight excluding hydrogens is 330 g/mol. The number of carbonyl (C=O) groups excluding carboxylic acids is 1. The lowest BCUT2D eigenvalue weighted by atomic mass is 10.2. The van der Waals surface area contributed by atoms with E-state index in [2.05, 4.69) is 20.7 Å². The molecule has 0 saturated heterocycles. The number of nitrogens with one attached hydrogen (secondary N) is 2. The van der Waals surface area contributed by atoms with Crippen LogP contribution in [0.3, 0.4) is 0 Å². The van der Waals surface area contributed by atoms with E-state index < -0.39 is 0 Å². The van der Waals surface area contributed by atoms with E-state index in [0.717, 1.165) is 11.3 Å². The number of aromatic nitrogens is 3. The van der Waals surface area contributed by atoms with Crippen molar-refractivity contribution in [2.45, 2.75) is 6.54 Å². The summed E-state index contributed by atoms with van der Waals surface area (Å²) in [6.45, 7) is 0.532. The number of benzene rings is 1. The SMILES string of the molecule is Cn1nc(C#N)cc1C(=O)Nc1cccc(CNc2cccnc2N)c1. The van der Waals surface area contributed by atoms with Crippen LogP contribution in [0.2, 0.25) is 0 Å². The Morgan fingerprint density at radius 2 is 2.15 bits per heavy atom. The van der Waals surface area contributed by atoms with Gasteiger partial charge in [0.1, 0.15) is 17.6 Å². The predicted octanol–water partition coefficient (Wildman–Crippen LogP) is 2.13. The maximum atomic E-state index is 12.4. The summed E-state index contributed by atoms with van der Waals surface area (Å²) in [5, 5.41) is 18.8. The molecule has 2 heterocycles. The molecule has 0 aliphatic carbocycles. The fraction of sp³-hybridized carbons (Fsp3) is 0.111. The lowest BCUT2D eigenvalue weighted by Gasteiger charge is -2.10. The first-order valence-electron chi connectivity index (χ1n) is 7.85. The third-order valence-electron chi connectivity index (χ3n) is 3.73. The van der Waals surface area contributed by atoms with Crippen molar-refractivity contribution in [3.63, 3.8) is 0 Å². The van der Waals surface area contributed by atoms with Gasteiger partial charge in [0.15, 0.2) is 5.69 Å². The van der Waals surface area contributed by atoms with E-state index in [0.29, 0.717) is 23.7 Å². The number of hydrogen-bond donors (Lipinski definition) is 3. The molecule has 4 N–H and O–H groups in total. The van der Waals surface area contributed by atoms with E-state index in [-0.39, 0.29) is 11.6 Å². The summed E-state index contributed by atoms with van der Waals surface area (Å²) in [5.41, 5.74) is 8.69. The van der Waals surface area contributed by atoms with Gasteiger partial charge in [0.25, 0.3) is 5.91 Å². The van der Waals surface area contributed by atoms with E-state index in [1.807, 2.05) is 30.3 Å². The van der Waals surface area contributed by atoms with E-state index in [1.54, 1.807) is 25.4 Å². The molecule has 130 valence electrons. The minimum Gasteiger partial charge on any atom is -0.382 e. The summed E-state index contributed by atoms with van der Waals surface area (Å²) in [6.07, 6.45) is 1.63. The molecule has 8 nitrogen and oxygen atoms in total. The summed E-state index contributed by atoms with van der Waals surface area (Å²) < 4.78 is 1.38. The molecule has 3 aromatic rings. The van der Waals surface area contributed by atoms with Crippen molar-refractivity contribution in [2.75, 3.05) is 16.4 Å². The van der Waals surface area contributed by atoms with Gasteiger partial charge in [0, 0.05) is 31.5 Å². The molecule has 0 atom stereocenters. The molecule has 0 spiro atoms. The van der Waals surface area contributed by atoms with Crippen molar-refractivity contribution in [3.05, 3.63) is 65.6 Å². The topological polar surface area (TPSA) is 122 Å². The number of nitriles is 1. The third kappa shape index (κ3) is 3.79. The average molecular weight is 347 g/mol. The zero-order valence-electron chi connectivity index (χ0n) is 14.1. The van der Waals surface area contributed by atoms with Crippen LogP contribution in [-0.2, 0) is 13.6 Å². The first-order chi connectivity index (χ1) is 12.6. The second-order valence-electron chi connectivity index (χ2n) is 5.59. The fourth-order valence-corrected chi connectivity index (χ4v) is 2.45. The summed E-state index contributed by atoms with van der Waals surface area (Å²) in [7, 11) is 1.62. The average Bonchev–Trinajstić information content (AvgIpc) is 3.02. The first-order valence-corrected chi connectivity index (χ1v) is 7.85. The lowest BCUT2D eigenvalue weighted by molar-refractivity contribution is 0.101. The van der Waals surface area contributed by atoms with Crippen molar-refractivity contribution in [1.82, 2.24) is 14.8 Å². The Hall–Kier alpha value is -3.86. The normalized spacial score (nSPS) is 10.2. The fourth-order valence-electron chi connectivity index (χ4n) is 2.45. The molecule has 0 aliphatic rings. The standard InChI is InChI=1S/C18H17N7O/c1-25-16(9-14(10-19)24-25)18(26)23-13-5-2-4-12(8-13)11-22-15-6-3-7-21-17(15)20/h2-9,22H,11H2,1H3,(H2,20,21)(H,23,26). The van der Waals surface area contributed by atoms with Gasteiger partial charge >= 0.3 is 0 Å². The second kappa shape index (κ2) is 7.36. The van der Waals surface area contributed by atoms with E-state index in [9.17, 15) is 4.79 Å². The largest absolute Gasteiger partial charge is 0.382 e. The highest BCUT2D eigenvalue weighted by Crippen LogP contribution is 2.17. The number of anilines is 3. The van der Waals surface area contributed by atoms with Gasteiger partial charge in [-0.3, -0.25) is 9.48 Å². The van der Waals surface area contributed by atoms with Crippen molar-refractivity contribution in [2.24, 2.45) is 7.05 Å². The van der Waals surface area contributed by atoms with Gasteiger partial charge < -0.3 is 16.4 Å². The van der Waals surface area contributed by atoms with Crippen LogP contribution in [0.1, 0.15) is 21.7 Å². The molecule has 26 heavy (non-hydrogen) atoms. The van der Waals surface area contributed by atoms with Crippen LogP contribution < -0.4 is 16.4 Å². The Morgan fingerprint density at radius 3 is 2.88 bits per heavy atom. The van der Waals surface area contributed by atoms with Crippen LogP contribution in [0.15, 0.2) is 48.7 Å². The minimum absolute atomic E-state index is 0.199. The molecule has 0 aliphatic heterocycles. The molecule has 3 rings (SSSR count). The monoisotopic (exact) mass is 347 g/mol. The number of hydrogen-bond acceptors (Lipinski definition) is 6. The van der Waals surface area contributed by atoms with Gasteiger partial charge in [-0.2, -0.15) is 10.4 Å². The molecule has 1 amide bonds. The summed E-state index contributed by atoms with van der Waals surface area (Å²) >= 11 is 0. The zero-order valence-corrected chi connectivity index (χ0v) is 14.1. The third-order valence-corrected chi connectivity index (χ3v) is 3.73. The van der Waals surface area contributed by atoms with Gasteiger partial charge in [0.2, 0.25) is 0 Å². The maximum Gasteiger partial charge on any atom is 0.273 e. The van der Waals surface area contributed by atoms with Gasteiger partial charge in [-0.1, -0.05) is 12.1 Å².